The van der Waals surface area contributed by atoms with Gasteiger partial charge in [0, 0.05) is 16.0 Å². The van der Waals surface area contributed by atoms with E-state index in [9.17, 15) is 4.79 Å². The summed E-state index contributed by atoms with van der Waals surface area (Å²) in [5.74, 6) is 1.25. The maximum absolute atomic E-state index is 12.9. The third-order valence-electron chi connectivity index (χ3n) is 4.58. The number of benzene rings is 2. The molecule has 0 aliphatic rings. The molecule has 0 radical (unpaired) electrons. The lowest BCUT2D eigenvalue weighted by molar-refractivity contribution is 0.0950. The number of carbonyl (C=O) groups is 1. The molecular formula is C24H27ClN2O4S. The fraction of sp³-hybridized carbons (Fsp3) is 0.333. The van der Waals surface area contributed by atoms with Crippen LogP contribution in [0, 0.1) is 6.92 Å². The Labute approximate surface area is 197 Å². The van der Waals surface area contributed by atoms with Crippen LogP contribution in [-0.4, -0.2) is 30.7 Å². The van der Waals surface area contributed by atoms with Gasteiger partial charge < -0.3 is 19.5 Å². The van der Waals surface area contributed by atoms with Crippen molar-refractivity contribution in [2.45, 2.75) is 34.2 Å². The van der Waals surface area contributed by atoms with E-state index in [0.29, 0.717) is 54.2 Å². The van der Waals surface area contributed by atoms with Crippen molar-refractivity contribution in [3.63, 3.8) is 0 Å². The molecule has 0 bridgehead atoms. The molecule has 8 heteroatoms. The molecule has 0 atom stereocenters. The normalized spacial score (nSPS) is 10.7. The average Bonchev–Trinajstić information content (AvgIpc) is 3.15. The van der Waals surface area contributed by atoms with Crippen LogP contribution in [0.25, 0.3) is 10.6 Å². The van der Waals surface area contributed by atoms with E-state index in [4.69, 9.17) is 25.8 Å². The summed E-state index contributed by atoms with van der Waals surface area (Å²) in [7, 11) is 0. The number of aromatic nitrogens is 1. The van der Waals surface area contributed by atoms with Crippen LogP contribution < -0.4 is 19.5 Å². The van der Waals surface area contributed by atoms with E-state index in [1.807, 2.05) is 52.0 Å². The number of rotatable bonds is 10. The topological polar surface area (TPSA) is 69.7 Å². The Balaban J connectivity index is 1.81. The number of nitrogens with zero attached hydrogens (tertiary/aromatic N) is 1. The minimum atomic E-state index is -0.234. The molecule has 0 spiro atoms. The largest absolute Gasteiger partial charge is 0.490 e. The van der Waals surface area contributed by atoms with Crippen LogP contribution in [0.3, 0.4) is 0 Å². The molecule has 1 N–H and O–H groups in total. The van der Waals surface area contributed by atoms with Crippen molar-refractivity contribution in [2.75, 3.05) is 19.8 Å². The number of amides is 1. The van der Waals surface area contributed by atoms with Crippen LogP contribution >= 0.6 is 22.9 Å². The van der Waals surface area contributed by atoms with E-state index >= 15 is 0 Å². The third-order valence-corrected chi connectivity index (χ3v) is 6.10. The van der Waals surface area contributed by atoms with Crippen LogP contribution in [0.4, 0.5) is 0 Å². The first-order chi connectivity index (χ1) is 15.5. The predicted molar refractivity (Wildman–Crippen MR) is 128 cm³/mol. The SMILES string of the molecule is CCOc1cc(C(=O)NCc2sc(-c3ccccc3Cl)nc2C)cc(OCC)c1OCC. The van der Waals surface area contributed by atoms with Crippen molar-refractivity contribution in [1.29, 1.82) is 0 Å². The number of hydrogen-bond acceptors (Lipinski definition) is 6. The molecule has 6 nitrogen and oxygen atoms in total. The first kappa shape index (κ1) is 23.9. The van der Waals surface area contributed by atoms with Gasteiger partial charge in [0.05, 0.1) is 37.1 Å². The van der Waals surface area contributed by atoms with Crippen molar-refractivity contribution >= 4 is 28.8 Å². The third kappa shape index (κ3) is 5.53. The molecule has 32 heavy (non-hydrogen) atoms. The zero-order valence-electron chi connectivity index (χ0n) is 18.7. The predicted octanol–water partition coefficient (Wildman–Crippen LogP) is 5.90. The number of thiazole rings is 1. The molecule has 0 aliphatic carbocycles. The van der Waals surface area contributed by atoms with E-state index in [-0.39, 0.29) is 5.91 Å². The van der Waals surface area contributed by atoms with E-state index in [2.05, 4.69) is 10.3 Å². The molecule has 0 saturated heterocycles. The van der Waals surface area contributed by atoms with Gasteiger partial charge in [0.2, 0.25) is 5.75 Å². The Morgan fingerprint density at radius 3 is 2.25 bits per heavy atom. The van der Waals surface area contributed by atoms with Gasteiger partial charge in [0.15, 0.2) is 11.5 Å². The van der Waals surface area contributed by atoms with Gasteiger partial charge in [-0.05, 0) is 45.9 Å². The number of carbonyl (C=O) groups excluding carboxylic acids is 1. The van der Waals surface area contributed by atoms with E-state index < -0.39 is 0 Å². The number of halogens is 1. The molecular weight excluding hydrogens is 448 g/mol. The molecule has 3 aromatic rings. The number of aryl methyl sites for hydroxylation is 1. The standard InChI is InChI=1S/C24H27ClN2O4S/c1-5-29-19-12-16(13-20(30-6-2)22(19)31-7-3)23(28)26-14-21-15(4)27-24(32-21)17-10-8-9-11-18(17)25/h8-13H,5-7,14H2,1-4H3,(H,26,28). The van der Waals surface area contributed by atoms with Gasteiger partial charge >= 0.3 is 0 Å². The van der Waals surface area contributed by atoms with Crippen molar-refractivity contribution in [2.24, 2.45) is 0 Å². The molecule has 170 valence electrons. The van der Waals surface area contributed by atoms with Gasteiger partial charge in [-0.1, -0.05) is 29.8 Å². The first-order valence-electron chi connectivity index (χ1n) is 10.5. The highest BCUT2D eigenvalue weighted by Gasteiger charge is 2.19. The summed E-state index contributed by atoms with van der Waals surface area (Å²) in [4.78, 5) is 18.5. The minimum Gasteiger partial charge on any atom is -0.490 e. The molecule has 1 aromatic heterocycles. The second kappa shape index (κ2) is 11.2. The summed E-state index contributed by atoms with van der Waals surface area (Å²) in [6.07, 6.45) is 0. The highest BCUT2D eigenvalue weighted by atomic mass is 35.5. The Hall–Kier alpha value is -2.77. The van der Waals surface area contributed by atoms with E-state index in [0.717, 1.165) is 21.1 Å². The zero-order chi connectivity index (χ0) is 23.1. The fourth-order valence-electron chi connectivity index (χ4n) is 3.12. The van der Waals surface area contributed by atoms with Gasteiger partial charge in [-0.3, -0.25) is 4.79 Å². The highest BCUT2D eigenvalue weighted by Crippen LogP contribution is 2.39. The zero-order valence-corrected chi connectivity index (χ0v) is 20.2. The minimum absolute atomic E-state index is 0.234. The number of hydrogen-bond donors (Lipinski definition) is 1. The Morgan fingerprint density at radius 2 is 1.66 bits per heavy atom. The summed E-state index contributed by atoms with van der Waals surface area (Å²) in [6.45, 7) is 9.29. The second-order valence-electron chi connectivity index (χ2n) is 6.79. The first-order valence-corrected chi connectivity index (χ1v) is 11.7. The van der Waals surface area contributed by atoms with Crippen LogP contribution in [-0.2, 0) is 6.54 Å². The Bertz CT molecular complexity index is 1060. The average molecular weight is 475 g/mol. The van der Waals surface area contributed by atoms with Gasteiger partial charge in [-0.15, -0.1) is 11.3 Å². The highest BCUT2D eigenvalue weighted by molar-refractivity contribution is 7.15. The summed E-state index contributed by atoms with van der Waals surface area (Å²) in [5.41, 5.74) is 2.19. The molecule has 0 aliphatic heterocycles. The lowest BCUT2D eigenvalue weighted by atomic mass is 10.1. The monoisotopic (exact) mass is 474 g/mol. The summed E-state index contributed by atoms with van der Waals surface area (Å²) in [5, 5.41) is 4.45. The van der Waals surface area contributed by atoms with Crippen molar-refractivity contribution in [3.8, 4) is 27.8 Å². The van der Waals surface area contributed by atoms with Crippen LogP contribution in [0.2, 0.25) is 5.02 Å². The van der Waals surface area contributed by atoms with Gasteiger partial charge in [-0.25, -0.2) is 4.98 Å². The second-order valence-corrected chi connectivity index (χ2v) is 8.28. The van der Waals surface area contributed by atoms with Gasteiger partial charge in [0.1, 0.15) is 5.01 Å². The molecule has 0 fully saturated rings. The van der Waals surface area contributed by atoms with Crippen LogP contribution in [0.15, 0.2) is 36.4 Å². The molecule has 2 aromatic carbocycles. The number of ether oxygens (including phenoxy) is 3. The molecule has 0 saturated carbocycles. The van der Waals surface area contributed by atoms with E-state index in [1.54, 1.807) is 12.1 Å². The van der Waals surface area contributed by atoms with E-state index in [1.165, 1.54) is 11.3 Å². The lowest BCUT2D eigenvalue weighted by Gasteiger charge is -2.17. The Morgan fingerprint density at radius 1 is 1.03 bits per heavy atom. The van der Waals surface area contributed by atoms with Crippen LogP contribution in [0.5, 0.6) is 17.2 Å². The Kier molecular flexibility index (Phi) is 8.36. The molecule has 1 amide bonds. The molecule has 0 unspecified atom stereocenters. The summed E-state index contributed by atoms with van der Waals surface area (Å²) in [6, 6.07) is 11.0. The van der Waals surface area contributed by atoms with Gasteiger partial charge in [-0.2, -0.15) is 0 Å². The lowest BCUT2D eigenvalue weighted by Crippen LogP contribution is -2.23. The molecule has 1 heterocycles. The maximum atomic E-state index is 12.9. The summed E-state index contributed by atoms with van der Waals surface area (Å²) < 4.78 is 17.1. The maximum Gasteiger partial charge on any atom is 0.251 e. The van der Waals surface area contributed by atoms with Crippen LogP contribution in [0.1, 0.15) is 41.7 Å². The quantitative estimate of drug-likeness (QED) is 0.396. The smallest absolute Gasteiger partial charge is 0.251 e. The number of nitrogens with one attached hydrogen (secondary N) is 1. The molecule has 3 rings (SSSR count). The van der Waals surface area contributed by atoms with Crippen molar-refractivity contribution < 1.29 is 19.0 Å². The van der Waals surface area contributed by atoms with Crippen molar-refractivity contribution in [1.82, 2.24) is 10.3 Å². The van der Waals surface area contributed by atoms with Gasteiger partial charge in [0.25, 0.3) is 5.91 Å². The summed E-state index contributed by atoms with van der Waals surface area (Å²) >= 11 is 7.82. The van der Waals surface area contributed by atoms with Crippen molar-refractivity contribution in [3.05, 3.63) is 57.6 Å². The fourth-order valence-corrected chi connectivity index (χ4v) is 4.45.